The Labute approximate surface area is 199 Å². The van der Waals surface area contributed by atoms with Gasteiger partial charge in [-0.2, -0.15) is 0 Å². The second-order valence-corrected chi connectivity index (χ2v) is 9.38. The predicted octanol–water partition coefficient (Wildman–Crippen LogP) is 3.67. The monoisotopic (exact) mass is 503 g/mol. The number of rotatable bonds is 6. The van der Waals surface area contributed by atoms with Crippen LogP contribution in [0.5, 0.6) is 0 Å². The first-order chi connectivity index (χ1) is 15.7. The van der Waals surface area contributed by atoms with Gasteiger partial charge >= 0.3 is 0 Å². The van der Waals surface area contributed by atoms with Crippen molar-refractivity contribution in [2.75, 3.05) is 14.9 Å². The highest BCUT2D eigenvalue weighted by molar-refractivity contribution is 7.92. The lowest BCUT2D eigenvalue weighted by Crippen LogP contribution is -2.32. The van der Waals surface area contributed by atoms with Crippen molar-refractivity contribution < 1.29 is 18.0 Å². The van der Waals surface area contributed by atoms with Gasteiger partial charge < -0.3 is 5.32 Å². The molecule has 9 nitrogen and oxygen atoms in total. The Bertz CT molecular complexity index is 1390. The van der Waals surface area contributed by atoms with Crippen LogP contribution in [-0.2, 0) is 19.6 Å². The number of benzene rings is 2. The summed E-state index contributed by atoms with van der Waals surface area (Å²) in [6.07, 6.45) is 1.44. The van der Waals surface area contributed by atoms with Gasteiger partial charge in [0.2, 0.25) is 5.95 Å². The topological polar surface area (TPSA) is 121 Å². The molecular weight excluding hydrogens is 489 g/mol. The minimum atomic E-state index is -3.93. The molecule has 33 heavy (non-hydrogen) atoms. The number of aromatic nitrogens is 2. The lowest BCUT2D eigenvalue weighted by Gasteiger charge is -2.15. The zero-order valence-electron chi connectivity index (χ0n) is 16.9. The quantitative estimate of drug-likeness (QED) is 0.492. The number of hydrogen-bond donors (Lipinski definition) is 2. The highest BCUT2D eigenvalue weighted by atomic mass is 35.5. The third kappa shape index (κ3) is 4.68. The molecule has 168 valence electrons. The number of amides is 2. The van der Waals surface area contributed by atoms with E-state index in [1.807, 2.05) is 0 Å². The van der Waals surface area contributed by atoms with Gasteiger partial charge in [0, 0.05) is 22.6 Å². The molecule has 0 radical (unpaired) electrons. The van der Waals surface area contributed by atoms with E-state index in [0.29, 0.717) is 22.1 Å². The van der Waals surface area contributed by atoms with Crippen LogP contribution in [0, 0.1) is 6.92 Å². The van der Waals surface area contributed by atoms with E-state index < -0.39 is 21.8 Å². The van der Waals surface area contributed by atoms with Crippen molar-refractivity contribution in [3.63, 3.8) is 0 Å². The van der Waals surface area contributed by atoms with Crippen LogP contribution < -0.4 is 14.9 Å². The number of nitrogens with zero attached hydrogens (tertiary/aromatic N) is 3. The van der Waals surface area contributed by atoms with Crippen molar-refractivity contribution in [2.24, 2.45) is 0 Å². The molecular formula is C21H15Cl2N5O4S. The maximum atomic E-state index is 12.8. The number of halogens is 2. The summed E-state index contributed by atoms with van der Waals surface area (Å²) in [5.41, 5.74) is 1.15. The summed E-state index contributed by atoms with van der Waals surface area (Å²) in [6.45, 7) is 1.71. The van der Waals surface area contributed by atoms with Crippen molar-refractivity contribution in [1.29, 1.82) is 0 Å². The van der Waals surface area contributed by atoms with Gasteiger partial charge in [-0.3, -0.25) is 9.59 Å². The van der Waals surface area contributed by atoms with Crippen molar-refractivity contribution in [2.45, 2.75) is 11.8 Å². The van der Waals surface area contributed by atoms with Crippen molar-refractivity contribution >= 4 is 62.4 Å². The number of anilines is 3. The third-order valence-electron chi connectivity index (χ3n) is 4.57. The molecule has 1 aliphatic rings. The number of hydrogen-bond acceptors (Lipinski definition) is 7. The van der Waals surface area contributed by atoms with Gasteiger partial charge in [-0.1, -0.05) is 23.2 Å². The van der Waals surface area contributed by atoms with Crippen LogP contribution in [0.25, 0.3) is 0 Å². The zero-order valence-corrected chi connectivity index (χ0v) is 19.2. The van der Waals surface area contributed by atoms with E-state index in [2.05, 4.69) is 20.0 Å². The minimum absolute atomic E-state index is 0.0464. The van der Waals surface area contributed by atoms with Gasteiger partial charge in [0.05, 0.1) is 10.6 Å². The average Bonchev–Trinajstić information content (AvgIpc) is 2.98. The first-order valence-electron chi connectivity index (χ1n) is 9.39. The van der Waals surface area contributed by atoms with Crippen LogP contribution in [-0.4, -0.2) is 30.2 Å². The summed E-state index contributed by atoms with van der Waals surface area (Å²) in [5, 5.41) is 2.95. The first kappa shape index (κ1) is 22.7. The molecule has 0 atom stereocenters. The molecule has 0 fully saturated rings. The highest BCUT2D eigenvalue weighted by Gasteiger charge is 2.39. The summed E-state index contributed by atoms with van der Waals surface area (Å²) < 4.78 is 27.5. The molecule has 1 aliphatic heterocycles. The maximum absolute atomic E-state index is 12.8. The fourth-order valence-electron chi connectivity index (χ4n) is 2.97. The van der Waals surface area contributed by atoms with Crippen molar-refractivity contribution in [3.8, 4) is 0 Å². The molecule has 0 aliphatic carbocycles. The van der Waals surface area contributed by atoms with Gasteiger partial charge in [0.1, 0.15) is 10.7 Å². The van der Waals surface area contributed by atoms with Crippen LogP contribution >= 0.6 is 23.2 Å². The van der Waals surface area contributed by atoms with Gasteiger partial charge in [-0.15, -0.1) is 0 Å². The fraction of sp³-hybridized carbons (Fsp3) is 0.0476. The molecule has 2 heterocycles. The Balaban J connectivity index is 1.52. The molecule has 0 saturated carbocycles. The number of nitrogens with one attached hydrogen (secondary N) is 2. The second-order valence-electron chi connectivity index (χ2n) is 6.89. The van der Waals surface area contributed by atoms with Crippen LogP contribution in [0.3, 0.4) is 0 Å². The van der Waals surface area contributed by atoms with Crippen LogP contribution in [0.2, 0.25) is 5.02 Å². The lowest BCUT2D eigenvalue weighted by molar-refractivity contribution is -0.120. The Morgan fingerprint density at radius 3 is 2.21 bits per heavy atom. The predicted molar refractivity (Wildman–Crippen MR) is 124 cm³/mol. The van der Waals surface area contributed by atoms with Crippen LogP contribution in [0.4, 0.5) is 17.3 Å². The summed E-state index contributed by atoms with van der Waals surface area (Å²) >= 11 is 12.0. The van der Waals surface area contributed by atoms with Gasteiger partial charge in [-0.05, 0) is 61.5 Å². The summed E-state index contributed by atoms with van der Waals surface area (Å²) in [4.78, 5) is 34.1. The molecule has 0 unspecified atom stereocenters. The van der Waals surface area contributed by atoms with E-state index in [-0.39, 0.29) is 21.6 Å². The molecule has 0 bridgehead atoms. The number of sulfonamides is 1. The average molecular weight is 504 g/mol. The van der Waals surface area contributed by atoms with Crippen LogP contribution in [0.1, 0.15) is 5.69 Å². The largest absolute Gasteiger partial charge is 0.350 e. The number of carbonyl (C=O) groups is 2. The van der Waals surface area contributed by atoms with E-state index >= 15 is 0 Å². The van der Waals surface area contributed by atoms with Crippen LogP contribution in [0.15, 0.2) is 76.4 Å². The molecule has 1 aromatic heterocycles. The smallest absolute Gasteiger partial charge is 0.283 e. The lowest BCUT2D eigenvalue weighted by atomic mass is 10.3. The van der Waals surface area contributed by atoms with Gasteiger partial charge in [0.15, 0.2) is 0 Å². The maximum Gasteiger partial charge on any atom is 0.283 e. The summed E-state index contributed by atoms with van der Waals surface area (Å²) in [7, 11) is -3.93. The molecule has 2 N–H and O–H groups in total. The SMILES string of the molecule is Cc1ccnc(NS(=O)(=O)c2ccc(NC3=C(Cl)C(=O)N(c4ccc(Cl)cc4)C3=O)cc2)n1. The third-order valence-corrected chi connectivity index (χ3v) is 6.51. The Kier molecular flexibility index (Phi) is 6.07. The highest BCUT2D eigenvalue weighted by Crippen LogP contribution is 2.31. The molecule has 12 heteroatoms. The van der Waals surface area contributed by atoms with Gasteiger partial charge in [-0.25, -0.2) is 28.0 Å². The van der Waals surface area contributed by atoms with Crippen molar-refractivity contribution in [3.05, 3.63) is 82.2 Å². The summed E-state index contributed by atoms with van der Waals surface area (Å²) in [5.74, 6) is -1.39. The number of imide groups is 1. The van der Waals surface area contributed by atoms with E-state index in [0.717, 1.165) is 4.90 Å². The molecule has 2 aromatic carbocycles. The molecule has 0 spiro atoms. The Morgan fingerprint density at radius 1 is 0.909 bits per heavy atom. The van der Waals surface area contributed by atoms with E-state index in [1.54, 1.807) is 25.1 Å². The zero-order chi connectivity index (χ0) is 23.8. The molecule has 3 aromatic rings. The number of carbonyl (C=O) groups excluding carboxylic acids is 2. The normalized spacial score (nSPS) is 14.1. The Morgan fingerprint density at radius 2 is 1.58 bits per heavy atom. The van der Waals surface area contributed by atoms with Gasteiger partial charge in [0.25, 0.3) is 21.8 Å². The summed E-state index contributed by atoms with van der Waals surface area (Å²) in [6, 6.07) is 13.3. The molecule has 0 saturated heterocycles. The number of aryl methyl sites for hydroxylation is 1. The first-order valence-corrected chi connectivity index (χ1v) is 11.6. The molecule has 2 amide bonds. The van der Waals surface area contributed by atoms with Crippen molar-refractivity contribution in [1.82, 2.24) is 9.97 Å². The van der Waals surface area contributed by atoms with E-state index in [9.17, 15) is 18.0 Å². The standard InChI is InChI=1S/C21H15Cl2N5O4S/c1-12-10-11-24-21(25-12)27-33(31,32)16-8-4-14(5-9-16)26-18-17(23)19(29)28(20(18)30)15-6-2-13(22)3-7-15/h2-11,26H,1H3,(H,24,25,27). The van der Waals surface area contributed by atoms with E-state index in [1.165, 1.54) is 42.6 Å². The fourth-order valence-corrected chi connectivity index (χ4v) is 4.26. The minimum Gasteiger partial charge on any atom is -0.350 e. The second kappa shape index (κ2) is 8.81. The molecule has 4 rings (SSSR count). The Hall–Kier alpha value is -3.47. The van der Waals surface area contributed by atoms with E-state index in [4.69, 9.17) is 23.2 Å².